The van der Waals surface area contributed by atoms with Crippen LogP contribution in [-0.4, -0.2) is 17.9 Å². The van der Waals surface area contributed by atoms with Crippen LogP contribution in [0.2, 0.25) is 5.02 Å². The molecule has 1 aromatic carbocycles. The van der Waals surface area contributed by atoms with Crippen molar-refractivity contribution in [1.82, 2.24) is 4.90 Å². The summed E-state index contributed by atoms with van der Waals surface area (Å²) >= 11 is 5.85. The Balaban J connectivity index is 2.89. The summed E-state index contributed by atoms with van der Waals surface area (Å²) in [5.41, 5.74) is 1.14. The van der Waals surface area contributed by atoms with Crippen molar-refractivity contribution >= 4 is 17.5 Å². The quantitative estimate of drug-likeness (QED) is 0.785. The number of halogens is 1. The number of hydrogen-bond donors (Lipinski definition) is 0. The third kappa shape index (κ3) is 2.99. The Bertz CT molecular complexity index is 347. The summed E-state index contributed by atoms with van der Waals surface area (Å²) in [6.07, 6.45) is 1.45. The highest BCUT2D eigenvalue weighted by molar-refractivity contribution is 6.30. The standard InChI is InChI=1S/C13H18ClNO/c1-4-12(15(3)13(16)5-2)10-6-8-11(14)9-7-10/h6-9,12H,4-5H2,1-3H3. The molecule has 1 atom stereocenters. The van der Waals surface area contributed by atoms with Crippen LogP contribution in [-0.2, 0) is 4.79 Å². The Hall–Kier alpha value is -1.02. The van der Waals surface area contributed by atoms with E-state index in [9.17, 15) is 4.79 Å². The molecule has 0 saturated carbocycles. The molecule has 0 aliphatic rings. The Morgan fingerprint density at radius 1 is 1.31 bits per heavy atom. The van der Waals surface area contributed by atoms with Crippen molar-refractivity contribution in [2.24, 2.45) is 0 Å². The third-order valence-corrected chi connectivity index (χ3v) is 3.06. The highest BCUT2D eigenvalue weighted by Gasteiger charge is 2.18. The first kappa shape index (κ1) is 13.0. The van der Waals surface area contributed by atoms with Crippen LogP contribution >= 0.6 is 11.6 Å². The molecule has 0 bridgehead atoms. The fourth-order valence-electron chi connectivity index (χ4n) is 1.84. The van der Waals surface area contributed by atoms with Gasteiger partial charge in [-0.2, -0.15) is 0 Å². The average Bonchev–Trinajstić information content (AvgIpc) is 2.31. The molecule has 0 fully saturated rings. The van der Waals surface area contributed by atoms with E-state index < -0.39 is 0 Å². The van der Waals surface area contributed by atoms with Gasteiger partial charge in [0.25, 0.3) is 0 Å². The average molecular weight is 240 g/mol. The van der Waals surface area contributed by atoms with Gasteiger partial charge in [-0.1, -0.05) is 37.6 Å². The summed E-state index contributed by atoms with van der Waals surface area (Å²) in [6.45, 7) is 3.96. The zero-order valence-electron chi connectivity index (χ0n) is 10.0. The van der Waals surface area contributed by atoms with Gasteiger partial charge < -0.3 is 4.90 Å². The number of hydrogen-bond acceptors (Lipinski definition) is 1. The molecule has 16 heavy (non-hydrogen) atoms. The van der Waals surface area contributed by atoms with Crippen molar-refractivity contribution in [2.45, 2.75) is 32.7 Å². The molecule has 0 aliphatic carbocycles. The Kier molecular flexibility index (Phi) is 4.81. The number of rotatable bonds is 4. The maximum atomic E-state index is 11.7. The maximum Gasteiger partial charge on any atom is 0.222 e. The fraction of sp³-hybridized carbons (Fsp3) is 0.462. The minimum absolute atomic E-state index is 0.143. The predicted molar refractivity (Wildman–Crippen MR) is 67.5 cm³/mol. The van der Waals surface area contributed by atoms with Crippen LogP contribution in [0, 0.1) is 0 Å². The van der Waals surface area contributed by atoms with Gasteiger partial charge in [0, 0.05) is 18.5 Å². The van der Waals surface area contributed by atoms with Crippen molar-refractivity contribution in [1.29, 1.82) is 0 Å². The van der Waals surface area contributed by atoms with Crippen LogP contribution in [0.5, 0.6) is 0 Å². The van der Waals surface area contributed by atoms with Gasteiger partial charge in [-0.15, -0.1) is 0 Å². The largest absolute Gasteiger partial charge is 0.339 e. The molecule has 0 N–H and O–H groups in total. The van der Waals surface area contributed by atoms with Gasteiger partial charge in [0.15, 0.2) is 0 Å². The van der Waals surface area contributed by atoms with Crippen molar-refractivity contribution < 1.29 is 4.79 Å². The highest BCUT2D eigenvalue weighted by atomic mass is 35.5. The second kappa shape index (κ2) is 5.90. The van der Waals surface area contributed by atoms with E-state index in [2.05, 4.69) is 6.92 Å². The Morgan fingerprint density at radius 2 is 1.88 bits per heavy atom. The summed E-state index contributed by atoms with van der Waals surface area (Å²) in [6, 6.07) is 7.84. The molecular weight excluding hydrogens is 222 g/mol. The first-order valence-electron chi connectivity index (χ1n) is 5.61. The normalized spacial score (nSPS) is 12.2. The SMILES string of the molecule is CCC(=O)N(C)C(CC)c1ccc(Cl)cc1. The molecule has 0 aromatic heterocycles. The summed E-state index contributed by atoms with van der Waals surface area (Å²) in [7, 11) is 1.86. The van der Waals surface area contributed by atoms with Gasteiger partial charge in [-0.05, 0) is 24.1 Å². The van der Waals surface area contributed by atoms with E-state index in [1.54, 1.807) is 0 Å². The van der Waals surface area contributed by atoms with Gasteiger partial charge in [0.2, 0.25) is 5.91 Å². The molecular formula is C13H18ClNO. The van der Waals surface area contributed by atoms with Crippen LogP contribution in [0.3, 0.4) is 0 Å². The molecule has 88 valence electrons. The van der Waals surface area contributed by atoms with Gasteiger partial charge in [0.05, 0.1) is 6.04 Å². The fourth-order valence-corrected chi connectivity index (χ4v) is 1.97. The second-order valence-corrected chi connectivity index (χ2v) is 4.27. The zero-order valence-corrected chi connectivity index (χ0v) is 10.8. The lowest BCUT2D eigenvalue weighted by Crippen LogP contribution is -2.30. The molecule has 0 spiro atoms. The van der Waals surface area contributed by atoms with E-state index in [0.29, 0.717) is 6.42 Å². The van der Waals surface area contributed by atoms with Crippen molar-refractivity contribution in [3.63, 3.8) is 0 Å². The summed E-state index contributed by atoms with van der Waals surface area (Å²) < 4.78 is 0. The molecule has 2 nitrogen and oxygen atoms in total. The Morgan fingerprint density at radius 3 is 2.31 bits per heavy atom. The van der Waals surface area contributed by atoms with Gasteiger partial charge in [-0.25, -0.2) is 0 Å². The summed E-state index contributed by atoms with van der Waals surface area (Å²) in [5, 5.41) is 0.725. The monoisotopic (exact) mass is 239 g/mol. The molecule has 0 radical (unpaired) electrons. The number of carbonyl (C=O) groups excluding carboxylic acids is 1. The van der Waals surface area contributed by atoms with Crippen LogP contribution in [0.15, 0.2) is 24.3 Å². The first-order valence-corrected chi connectivity index (χ1v) is 5.99. The first-order chi connectivity index (χ1) is 7.60. The molecule has 3 heteroatoms. The minimum Gasteiger partial charge on any atom is -0.339 e. The topological polar surface area (TPSA) is 20.3 Å². The van der Waals surface area contributed by atoms with Crippen molar-refractivity contribution in [2.75, 3.05) is 7.05 Å². The van der Waals surface area contributed by atoms with Crippen molar-refractivity contribution in [3.05, 3.63) is 34.9 Å². The number of nitrogens with zero attached hydrogens (tertiary/aromatic N) is 1. The molecule has 1 aromatic rings. The van der Waals surface area contributed by atoms with E-state index in [4.69, 9.17) is 11.6 Å². The van der Waals surface area contributed by atoms with E-state index in [1.165, 1.54) is 0 Å². The smallest absolute Gasteiger partial charge is 0.222 e. The van der Waals surface area contributed by atoms with Crippen LogP contribution in [0.4, 0.5) is 0 Å². The molecule has 1 amide bonds. The number of amides is 1. The molecule has 1 unspecified atom stereocenters. The Labute approximate surface area is 102 Å². The van der Waals surface area contributed by atoms with Crippen LogP contribution < -0.4 is 0 Å². The zero-order chi connectivity index (χ0) is 12.1. The van der Waals surface area contributed by atoms with Crippen LogP contribution in [0.1, 0.15) is 38.3 Å². The number of carbonyl (C=O) groups is 1. The lowest BCUT2D eigenvalue weighted by molar-refractivity contribution is -0.131. The lowest BCUT2D eigenvalue weighted by atomic mass is 10.0. The van der Waals surface area contributed by atoms with Crippen molar-refractivity contribution in [3.8, 4) is 0 Å². The van der Waals surface area contributed by atoms with E-state index in [-0.39, 0.29) is 11.9 Å². The van der Waals surface area contributed by atoms with Gasteiger partial charge in [0.1, 0.15) is 0 Å². The van der Waals surface area contributed by atoms with E-state index in [1.807, 2.05) is 43.1 Å². The number of benzene rings is 1. The molecule has 0 saturated heterocycles. The lowest BCUT2D eigenvalue weighted by Gasteiger charge is -2.27. The summed E-state index contributed by atoms with van der Waals surface area (Å²) in [4.78, 5) is 13.5. The third-order valence-electron chi connectivity index (χ3n) is 2.80. The molecule has 0 heterocycles. The highest BCUT2D eigenvalue weighted by Crippen LogP contribution is 2.24. The van der Waals surface area contributed by atoms with Crippen LogP contribution in [0.25, 0.3) is 0 Å². The summed E-state index contributed by atoms with van der Waals surface area (Å²) in [5.74, 6) is 0.168. The van der Waals surface area contributed by atoms with Gasteiger partial charge >= 0.3 is 0 Å². The van der Waals surface area contributed by atoms with E-state index >= 15 is 0 Å². The minimum atomic E-state index is 0.143. The second-order valence-electron chi connectivity index (χ2n) is 3.83. The van der Waals surface area contributed by atoms with Gasteiger partial charge in [-0.3, -0.25) is 4.79 Å². The predicted octanol–water partition coefficient (Wildman–Crippen LogP) is 3.66. The van der Waals surface area contributed by atoms with E-state index in [0.717, 1.165) is 17.0 Å². The molecule has 1 rings (SSSR count). The maximum absolute atomic E-state index is 11.7. The molecule has 0 aliphatic heterocycles.